The van der Waals surface area contributed by atoms with Gasteiger partial charge in [-0.2, -0.15) is 0 Å². The molecule has 4 heteroatoms. The number of halogens is 1. The Morgan fingerprint density at radius 1 is 1.46 bits per heavy atom. The molecule has 70 valence electrons. The van der Waals surface area contributed by atoms with Gasteiger partial charge in [0.1, 0.15) is 5.82 Å². The Hall–Kier alpha value is -1.16. The molecule has 0 aliphatic rings. The van der Waals surface area contributed by atoms with Crippen molar-refractivity contribution in [2.24, 2.45) is 0 Å². The second-order valence-electron chi connectivity index (χ2n) is 2.57. The van der Waals surface area contributed by atoms with Gasteiger partial charge in [-0.15, -0.1) is 0 Å². The van der Waals surface area contributed by atoms with Gasteiger partial charge in [0, 0.05) is 14.1 Å². The largest absolute Gasteiger partial charge is 0.365 e. The SMILES string of the molecule is CNC(=S)N(C)c1ccccc1F. The van der Waals surface area contributed by atoms with Crippen LogP contribution in [0.4, 0.5) is 10.1 Å². The Kier molecular flexibility index (Phi) is 3.19. The van der Waals surface area contributed by atoms with E-state index in [1.165, 1.54) is 6.07 Å². The molecular weight excluding hydrogens is 187 g/mol. The number of hydrogen-bond acceptors (Lipinski definition) is 1. The molecule has 0 spiro atoms. The summed E-state index contributed by atoms with van der Waals surface area (Å²) in [7, 11) is 3.43. The van der Waals surface area contributed by atoms with Gasteiger partial charge >= 0.3 is 0 Å². The molecule has 1 aromatic carbocycles. The number of nitrogens with one attached hydrogen (secondary N) is 1. The number of thiocarbonyl (C=S) groups is 1. The van der Waals surface area contributed by atoms with E-state index in [1.54, 1.807) is 37.2 Å². The predicted octanol–water partition coefficient (Wildman–Crippen LogP) is 1.77. The third-order valence-electron chi connectivity index (χ3n) is 1.73. The van der Waals surface area contributed by atoms with Gasteiger partial charge in [-0.25, -0.2) is 4.39 Å². The minimum Gasteiger partial charge on any atom is -0.365 e. The maximum Gasteiger partial charge on any atom is 0.173 e. The number of rotatable bonds is 1. The maximum atomic E-state index is 13.2. The fourth-order valence-electron chi connectivity index (χ4n) is 1.00. The van der Waals surface area contributed by atoms with Gasteiger partial charge in [0.2, 0.25) is 0 Å². The van der Waals surface area contributed by atoms with Crippen molar-refractivity contribution in [3.8, 4) is 0 Å². The lowest BCUT2D eigenvalue weighted by Gasteiger charge is -2.19. The molecule has 0 heterocycles. The average molecular weight is 198 g/mol. The van der Waals surface area contributed by atoms with Crippen LogP contribution < -0.4 is 10.2 Å². The summed E-state index contributed by atoms with van der Waals surface area (Å²) in [5, 5.41) is 3.27. The third kappa shape index (κ3) is 2.15. The number of para-hydroxylation sites is 1. The summed E-state index contributed by atoms with van der Waals surface area (Å²) in [6.07, 6.45) is 0. The summed E-state index contributed by atoms with van der Waals surface area (Å²) in [4.78, 5) is 1.59. The van der Waals surface area contributed by atoms with E-state index in [-0.39, 0.29) is 5.82 Å². The van der Waals surface area contributed by atoms with Crippen molar-refractivity contribution < 1.29 is 4.39 Å². The summed E-state index contributed by atoms with van der Waals surface area (Å²) in [6, 6.07) is 6.51. The number of benzene rings is 1. The zero-order chi connectivity index (χ0) is 9.84. The van der Waals surface area contributed by atoms with E-state index in [1.807, 2.05) is 0 Å². The van der Waals surface area contributed by atoms with E-state index in [9.17, 15) is 4.39 Å². The molecule has 0 saturated heterocycles. The predicted molar refractivity (Wildman–Crippen MR) is 56.5 cm³/mol. The molecular formula is C9H11FN2S. The van der Waals surface area contributed by atoms with Crippen LogP contribution in [-0.2, 0) is 0 Å². The molecule has 0 atom stereocenters. The lowest BCUT2D eigenvalue weighted by molar-refractivity contribution is 0.628. The van der Waals surface area contributed by atoms with E-state index in [0.717, 1.165) is 0 Å². The van der Waals surface area contributed by atoms with Crippen LogP contribution in [0.15, 0.2) is 24.3 Å². The van der Waals surface area contributed by atoms with Gasteiger partial charge in [-0.05, 0) is 24.4 Å². The first-order valence-corrected chi connectivity index (χ1v) is 4.27. The van der Waals surface area contributed by atoms with Crippen molar-refractivity contribution in [2.45, 2.75) is 0 Å². The fraction of sp³-hybridized carbons (Fsp3) is 0.222. The van der Waals surface area contributed by atoms with Crippen molar-refractivity contribution in [2.75, 3.05) is 19.0 Å². The van der Waals surface area contributed by atoms with Crippen LogP contribution in [0.5, 0.6) is 0 Å². The van der Waals surface area contributed by atoms with Gasteiger partial charge in [0.15, 0.2) is 5.11 Å². The molecule has 0 aromatic heterocycles. The van der Waals surface area contributed by atoms with Gasteiger partial charge in [0.05, 0.1) is 5.69 Å². The van der Waals surface area contributed by atoms with Crippen LogP contribution in [0.3, 0.4) is 0 Å². The maximum absolute atomic E-state index is 13.2. The second-order valence-corrected chi connectivity index (χ2v) is 2.95. The topological polar surface area (TPSA) is 15.3 Å². The van der Waals surface area contributed by atoms with Crippen LogP contribution in [0.2, 0.25) is 0 Å². The highest BCUT2D eigenvalue weighted by molar-refractivity contribution is 7.80. The Morgan fingerprint density at radius 2 is 2.08 bits per heavy atom. The van der Waals surface area contributed by atoms with Crippen LogP contribution in [0.25, 0.3) is 0 Å². The smallest absolute Gasteiger partial charge is 0.173 e. The van der Waals surface area contributed by atoms with Crippen LogP contribution in [0.1, 0.15) is 0 Å². The molecule has 1 N–H and O–H groups in total. The van der Waals surface area contributed by atoms with E-state index in [0.29, 0.717) is 10.8 Å². The molecule has 0 saturated carbocycles. The van der Waals surface area contributed by atoms with E-state index >= 15 is 0 Å². The Morgan fingerprint density at radius 3 is 2.62 bits per heavy atom. The zero-order valence-electron chi connectivity index (χ0n) is 7.54. The number of nitrogens with zero attached hydrogens (tertiary/aromatic N) is 1. The molecule has 0 amide bonds. The van der Waals surface area contributed by atoms with Crippen molar-refractivity contribution in [3.63, 3.8) is 0 Å². The quantitative estimate of drug-likeness (QED) is 0.692. The Bertz CT molecular complexity index is 314. The highest BCUT2D eigenvalue weighted by Crippen LogP contribution is 2.16. The van der Waals surface area contributed by atoms with Gasteiger partial charge in [-0.3, -0.25) is 0 Å². The minimum absolute atomic E-state index is 0.275. The summed E-state index contributed by atoms with van der Waals surface area (Å²) >= 11 is 4.97. The van der Waals surface area contributed by atoms with Crippen LogP contribution in [0, 0.1) is 5.82 Å². The highest BCUT2D eigenvalue weighted by Gasteiger charge is 2.08. The summed E-state index contributed by atoms with van der Waals surface area (Å²) in [5.74, 6) is -0.275. The highest BCUT2D eigenvalue weighted by atomic mass is 32.1. The number of anilines is 1. The van der Waals surface area contributed by atoms with Crippen molar-refractivity contribution >= 4 is 23.0 Å². The zero-order valence-corrected chi connectivity index (χ0v) is 8.36. The summed E-state index contributed by atoms with van der Waals surface area (Å²) in [5.41, 5.74) is 0.474. The summed E-state index contributed by atoms with van der Waals surface area (Å²) < 4.78 is 13.2. The first-order chi connectivity index (χ1) is 6.16. The molecule has 2 nitrogen and oxygen atoms in total. The lowest BCUT2D eigenvalue weighted by Crippen LogP contribution is -2.34. The normalized spacial score (nSPS) is 9.46. The molecule has 0 bridgehead atoms. The van der Waals surface area contributed by atoms with Crippen molar-refractivity contribution in [1.29, 1.82) is 0 Å². The average Bonchev–Trinajstić information content (AvgIpc) is 2.16. The van der Waals surface area contributed by atoms with E-state index in [2.05, 4.69) is 5.32 Å². The third-order valence-corrected chi connectivity index (χ3v) is 2.21. The second kappa shape index (κ2) is 4.18. The van der Waals surface area contributed by atoms with Gasteiger partial charge in [0.25, 0.3) is 0 Å². The molecule has 0 aliphatic carbocycles. The molecule has 0 aliphatic heterocycles. The molecule has 1 rings (SSSR count). The van der Waals surface area contributed by atoms with E-state index in [4.69, 9.17) is 12.2 Å². The summed E-state index contributed by atoms with van der Waals surface area (Å²) in [6.45, 7) is 0. The molecule has 13 heavy (non-hydrogen) atoms. The fourth-order valence-corrected chi connectivity index (χ4v) is 1.10. The molecule has 0 unspecified atom stereocenters. The van der Waals surface area contributed by atoms with Crippen molar-refractivity contribution in [1.82, 2.24) is 5.32 Å². The lowest BCUT2D eigenvalue weighted by atomic mass is 10.3. The molecule has 1 aromatic rings. The first-order valence-electron chi connectivity index (χ1n) is 3.86. The molecule has 0 fully saturated rings. The van der Waals surface area contributed by atoms with Crippen molar-refractivity contribution in [3.05, 3.63) is 30.1 Å². The minimum atomic E-state index is -0.275. The monoisotopic (exact) mass is 198 g/mol. The Balaban J connectivity index is 2.95. The van der Waals surface area contributed by atoms with Crippen LogP contribution >= 0.6 is 12.2 Å². The Labute approximate surface area is 82.4 Å². The van der Waals surface area contributed by atoms with Crippen LogP contribution in [-0.4, -0.2) is 19.2 Å². The number of hydrogen-bond donors (Lipinski definition) is 1. The molecule has 0 radical (unpaired) electrons. The van der Waals surface area contributed by atoms with Gasteiger partial charge < -0.3 is 10.2 Å². The first kappa shape index (κ1) is 9.92. The van der Waals surface area contributed by atoms with E-state index < -0.39 is 0 Å². The van der Waals surface area contributed by atoms with Gasteiger partial charge in [-0.1, -0.05) is 12.1 Å². The standard InChI is InChI=1S/C9H11FN2S/c1-11-9(13)12(2)8-6-4-3-5-7(8)10/h3-6H,1-2H3,(H,11,13).